The Kier molecular flexibility index (Phi) is 30.9. The van der Waals surface area contributed by atoms with E-state index < -0.39 is 71.2 Å². The number of aliphatic hydroxyl groups excluding tert-OH is 3. The third-order valence-corrected chi connectivity index (χ3v) is 10.1. The molecule has 1 aliphatic heterocycles. The lowest BCUT2D eigenvalue weighted by Gasteiger charge is -2.40. The van der Waals surface area contributed by atoms with E-state index in [2.05, 4.69) is 62.5 Å². The van der Waals surface area contributed by atoms with Crippen LogP contribution in [0.2, 0.25) is 0 Å². The summed E-state index contributed by atoms with van der Waals surface area (Å²) in [5.74, 6) is -2.03. The third-order valence-electron chi connectivity index (χ3n) is 9.39. The second-order valence-corrected chi connectivity index (χ2v) is 16.1. The van der Waals surface area contributed by atoms with Crippen molar-refractivity contribution in [2.24, 2.45) is 0 Å². The lowest BCUT2D eigenvalue weighted by molar-refractivity contribution is -0.297. The molecule has 0 bridgehead atoms. The molecular formula is C43H74O12S. The van der Waals surface area contributed by atoms with E-state index in [4.69, 9.17) is 18.9 Å². The smallest absolute Gasteiger partial charge is 0.306 e. The summed E-state index contributed by atoms with van der Waals surface area (Å²) >= 11 is 0. The molecule has 4 N–H and O–H groups in total. The summed E-state index contributed by atoms with van der Waals surface area (Å²) in [7, 11) is -4.60. The van der Waals surface area contributed by atoms with E-state index >= 15 is 0 Å². The summed E-state index contributed by atoms with van der Waals surface area (Å²) in [4.78, 5) is 25.3. The second kappa shape index (κ2) is 33.6. The van der Waals surface area contributed by atoms with Crippen molar-refractivity contribution in [2.75, 3.05) is 19.0 Å². The Labute approximate surface area is 337 Å². The predicted octanol–water partition coefficient (Wildman–Crippen LogP) is 8.00. The molecule has 0 aromatic carbocycles. The topological polar surface area (TPSA) is 186 Å². The van der Waals surface area contributed by atoms with E-state index in [-0.39, 0.29) is 19.4 Å². The summed E-state index contributed by atoms with van der Waals surface area (Å²) in [6, 6.07) is 0. The van der Waals surface area contributed by atoms with Gasteiger partial charge in [-0.2, -0.15) is 8.42 Å². The van der Waals surface area contributed by atoms with Gasteiger partial charge in [0.1, 0.15) is 36.8 Å². The molecule has 0 saturated carbocycles. The molecule has 56 heavy (non-hydrogen) atoms. The van der Waals surface area contributed by atoms with Crippen LogP contribution in [-0.2, 0) is 38.7 Å². The Hall–Kier alpha value is -2.39. The standard InChI is InChI=1S/C43H74O12S/c1-3-5-7-9-11-13-15-17-18-20-21-23-25-27-29-31-38(44)52-33-36(34-53-43-42(48)41(47)40(46)37(55-43)35-56(49,50)51)54-39(45)32-30-28-26-24-22-19-16-14-12-10-8-6-4-2/h5,7,11,13,17-19,22,36-37,40-43,46-48H,3-4,6,8-10,12,14-16,20-21,23-35H2,1-2H3,(H,49,50,51)/b7-5+,13-11+,18-17+,22-19+/t36-,37-,40-,41?,42?,43+/m1/s1. The molecule has 0 aromatic heterocycles. The SMILES string of the molecule is CC/C=C/C/C=C/C/C=C/CCCCCCCC(=O)OC[C@H](CO[C@H]1O[C@H](CS(=O)(=O)O)[C@@H](O)C(O)C1O)OC(=O)CCCCC/C=C/CCCCCCCC. The maximum absolute atomic E-state index is 12.8. The minimum Gasteiger partial charge on any atom is -0.462 e. The van der Waals surface area contributed by atoms with Gasteiger partial charge < -0.3 is 34.3 Å². The molecule has 13 heteroatoms. The molecule has 0 aliphatic carbocycles. The van der Waals surface area contributed by atoms with Crippen LogP contribution in [0.5, 0.6) is 0 Å². The van der Waals surface area contributed by atoms with Gasteiger partial charge in [0.15, 0.2) is 12.4 Å². The Morgan fingerprint density at radius 3 is 1.71 bits per heavy atom. The average molecular weight is 815 g/mol. The van der Waals surface area contributed by atoms with Crippen LogP contribution in [0.3, 0.4) is 0 Å². The van der Waals surface area contributed by atoms with E-state index in [1.54, 1.807) is 0 Å². The molecule has 1 heterocycles. The molecular weight excluding hydrogens is 741 g/mol. The van der Waals surface area contributed by atoms with Crippen LogP contribution in [0.15, 0.2) is 48.6 Å². The maximum Gasteiger partial charge on any atom is 0.306 e. The predicted molar refractivity (Wildman–Crippen MR) is 219 cm³/mol. The zero-order valence-corrected chi connectivity index (χ0v) is 35.0. The van der Waals surface area contributed by atoms with Gasteiger partial charge in [0, 0.05) is 12.8 Å². The molecule has 324 valence electrons. The number of hydrogen-bond donors (Lipinski definition) is 4. The molecule has 1 saturated heterocycles. The number of rotatable bonds is 34. The first kappa shape index (κ1) is 51.6. The van der Waals surface area contributed by atoms with Gasteiger partial charge in [-0.3, -0.25) is 14.1 Å². The van der Waals surface area contributed by atoms with Crippen LogP contribution in [0.1, 0.15) is 155 Å². The highest BCUT2D eigenvalue weighted by molar-refractivity contribution is 7.85. The Morgan fingerprint density at radius 2 is 1.12 bits per heavy atom. The van der Waals surface area contributed by atoms with Crippen molar-refractivity contribution < 1.29 is 56.8 Å². The fraction of sp³-hybridized carbons (Fsp3) is 0.767. The van der Waals surface area contributed by atoms with Crippen LogP contribution in [0.4, 0.5) is 0 Å². The van der Waals surface area contributed by atoms with Crippen LogP contribution in [0, 0.1) is 0 Å². The van der Waals surface area contributed by atoms with Crippen molar-refractivity contribution >= 4 is 22.1 Å². The van der Waals surface area contributed by atoms with Crippen molar-refractivity contribution in [1.82, 2.24) is 0 Å². The number of carbonyl (C=O) groups is 2. The van der Waals surface area contributed by atoms with E-state index in [0.717, 1.165) is 77.0 Å². The number of unbranched alkanes of at least 4 members (excludes halogenated alkanes) is 14. The molecule has 1 rings (SSSR count). The summed E-state index contributed by atoms with van der Waals surface area (Å²) in [5, 5.41) is 30.8. The second-order valence-electron chi connectivity index (χ2n) is 14.6. The fourth-order valence-corrected chi connectivity index (χ4v) is 6.79. The molecule has 0 amide bonds. The van der Waals surface area contributed by atoms with E-state index in [0.29, 0.717) is 12.8 Å². The Bertz CT molecular complexity index is 1230. The first-order chi connectivity index (χ1) is 27.0. The molecule has 0 radical (unpaired) electrons. The van der Waals surface area contributed by atoms with Crippen LogP contribution in [0.25, 0.3) is 0 Å². The molecule has 1 fully saturated rings. The first-order valence-electron chi connectivity index (χ1n) is 21.2. The molecule has 0 aromatic rings. The van der Waals surface area contributed by atoms with Gasteiger partial charge >= 0.3 is 11.9 Å². The monoisotopic (exact) mass is 814 g/mol. The normalized spacial score (nSPS) is 21.1. The third kappa shape index (κ3) is 28.1. The summed E-state index contributed by atoms with van der Waals surface area (Å²) in [5.41, 5.74) is 0. The number of aliphatic hydroxyl groups is 3. The van der Waals surface area contributed by atoms with Gasteiger partial charge in [-0.1, -0.05) is 120 Å². The molecule has 6 atom stereocenters. The van der Waals surface area contributed by atoms with E-state index in [1.807, 2.05) is 0 Å². The Morgan fingerprint density at radius 1 is 0.625 bits per heavy atom. The number of ether oxygens (including phenoxy) is 4. The van der Waals surface area contributed by atoms with Crippen LogP contribution >= 0.6 is 0 Å². The molecule has 2 unspecified atom stereocenters. The van der Waals surface area contributed by atoms with Crippen molar-refractivity contribution in [3.8, 4) is 0 Å². The summed E-state index contributed by atoms with van der Waals surface area (Å²) < 4.78 is 53.9. The summed E-state index contributed by atoms with van der Waals surface area (Å²) in [6.07, 6.45) is 28.8. The maximum atomic E-state index is 12.8. The van der Waals surface area contributed by atoms with Crippen LogP contribution < -0.4 is 0 Å². The van der Waals surface area contributed by atoms with Gasteiger partial charge in [0.2, 0.25) is 0 Å². The first-order valence-corrected chi connectivity index (χ1v) is 22.8. The minimum atomic E-state index is -4.60. The van der Waals surface area contributed by atoms with E-state index in [9.17, 15) is 37.9 Å². The zero-order valence-electron chi connectivity index (χ0n) is 34.2. The van der Waals surface area contributed by atoms with Crippen molar-refractivity contribution in [1.29, 1.82) is 0 Å². The van der Waals surface area contributed by atoms with Gasteiger partial charge in [-0.15, -0.1) is 0 Å². The van der Waals surface area contributed by atoms with Gasteiger partial charge in [-0.25, -0.2) is 0 Å². The lowest BCUT2D eigenvalue weighted by Crippen LogP contribution is -2.60. The van der Waals surface area contributed by atoms with Gasteiger partial charge in [0.05, 0.1) is 6.61 Å². The number of esters is 2. The van der Waals surface area contributed by atoms with Gasteiger partial charge in [0.25, 0.3) is 10.1 Å². The van der Waals surface area contributed by atoms with Gasteiger partial charge in [-0.05, 0) is 70.6 Å². The van der Waals surface area contributed by atoms with Crippen molar-refractivity contribution in [3.63, 3.8) is 0 Å². The van der Waals surface area contributed by atoms with Crippen LogP contribution in [-0.4, -0.2) is 96.0 Å². The largest absolute Gasteiger partial charge is 0.462 e. The molecule has 1 aliphatic rings. The highest BCUT2D eigenvalue weighted by Gasteiger charge is 2.46. The fourth-order valence-electron chi connectivity index (χ4n) is 6.10. The molecule has 12 nitrogen and oxygen atoms in total. The zero-order chi connectivity index (χ0) is 41.3. The van der Waals surface area contributed by atoms with Crippen molar-refractivity contribution in [3.05, 3.63) is 48.6 Å². The quantitative estimate of drug-likeness (QED) is 0.0213. The number of carbonyl (C=O) groups excluding carboxylic acids is 2. The number of allylic oxidation sites excluding steroid dienone is 8. The van der Waals surface area contributed by atoms with Crippen molar-refractivity contribution in [2.45, 2.75) is 192 Å². The highest BCUT2D eigenvalue weighted by atomic mass is 32.2. The average Bonchev–Trinajstić information content (AvgIpc) is 3.16. The minimum absolute atomic E-state index is 0.138. The lowest BCUT2D eigenvalue weighted by atomic mass is 10.00. The number of hydrogen-bond acceptors (Lipinski definition) is 11. The van der Waals surface area contributed by atoms with E-state index in [1.165, 1.54) is 38.5 Å². The Balaban J connectivity index is 2.50. The molecule has 0 spiro atoms. The highest BCUT2D eigenvalue weighted by Crippen LogP contribution is 2.24. The summed E-state index contributed by atoms with van der Waals surface area (Å²) in [6.45, 7) is 3.59.